The van der Waals surface area contributed by atoms with Gasteiger partial charge < -0.3 is 11.1 Å². The predicted molar refractivity (Wildman–Crippen MR) is 89.5 cm³/mol. The van der Waals surface area contributed by atoms with Crippen molar-refractivity contribution in [1.29, 1.82) is 0 Å². The number of benzene rings is 1. The van der Waals surface area contributed by atoms with Crippen molar-refractivity contribution < 1.29 is 4.79 Å². The van der Waals surface area contributed by atoms with Crippen molar-refractivity contribution in [1.82, 2.24) is 4.98 Å². The minimum atomic E-state index is -0.423. The van der Waals surface area contributed by atoms with Crippen LogP contribution in [0.1, 0.15) is 38.5 Å². The number of nitrogens with two attached hydrogens (primary N) is 1. The van der Waals surface area contributed by atoms with Gasteiger partial charge in [-0.2, -0.15) is 0 Å². The van der Waals surface area contributed by atoms with Gasteiger partial charge in [-0.1, -0.05) is 38.2 Å². The molecule has 4 nitrogen and oxygen atoms in total. The van der Waals surface area contributed by atoms with E-state index in [1.807, 2.05) is 24.3 Å². The van der Waals surface area contributed by atoms with E-state index in [0.717, 1.165) is 22.9 Å². The summed E-state index contributed by atoms with van der Waals surface area (Å²) in [6.45, 7) is 0. The number of pyridine rings is 1. The summed E-state index contributed by atoms with van der Waals surface area (Å²) in [6, 6.07) is 7.36. The van der Waals surface area contributed by atoms with Crippen LogP contribution in [0.4, 0.5) is 5.69 Å². The number of rotatable bonds is 4. The molecule has 0 aliphatic heterocycles. The molecule has 0 radical (unpaired) electrons. The molecule has 0 unspecified atom stereocenters. The summed E-state index contributed by atoms with van der Waals surface area (Å²) in [4.78, 5) is 16.4. The Morgan fingerprint density at radius 2 is 2.05 bits per heavy atom. The van der Waals surface area contributed by atoms with Crippen LogP contribution in [0.25, 0.3) is 10.8 Å². The number of fused-ring (bicyclic) bond motifs is 1. The molecular weight excluding hydrogens is 274 g/mol. The fourth-order valence-electron chi connectivity index (χ4n) is 3.29. The second kappa shape index (κ2) is 6.88. The molecule has 1 aliphatic carbocycles. The van der Waals surface area contributed by atoms with Crippen molar-refractivity contribution in [2.45, 2.75) is 44.6 Å². The average Bonchev–Trinajstić information content (AvgIpc) is 2.55. The quantitative estimate of drug-likeness (QED) is 0.908. The summed E-state index contributed by atoms with van der Waals surface area (Å²) in [7, 11) is 0. The Kier molecular flexibility index (Phi) is 4.68. The lowest BCUT2D eigenvalue weighted by Gasteiger charge is -2.24. The molecule has 1 aromatic heterocycles. The number of aromatic nitrogens is 1. The van der Waals surface area contributed by atoms with Crippen molar-refractivity contribution in [3.8, 4) is 0 Å². The number of hydrogen-bond donors (Lipinski definition) is 2. The van der Waals surface area contributed by atoms with Crippen molar-refractivity contribution in [3.05, 3.63) is 36.7 Å². The molecule has 116 valence electrons. The molecule has 0 bridgehead atoms. The van der Waals surface area contributed by atoms with E-state index < -0.39 is 6.04 Å². The second-order valence-electron chi connectivity index (χ2n) is 6.27. The number of carbonyl (C=O) groups excluding carboxylic acids is 1. The molecule has 2 aromatic rings. The third-order valence-electron chi connectivity index (χ3n) is 4.56. The molecule has 1 aliphatic rings. The summed E-state index contributed by atoms with van der Waals surface area (Å²) < 4.78 is 0. The van der Waals surface area contributed by atoms with Gasteiger partial charge in [0.25, 0.3) is 0 Å². The van der Waals surface area contributed by atoms with Gasteiger partial charge in [0.05, 0.1) is 6.04 Å². The van der Waals surface area contributed by atoms with Crippen LogP contribution in [-0.4, -0.2) is 16.9 Å². The summed E-state index contributed by atoms with van der Waals surface area (Å²) in [5.41, 5.74) is 6.87. The average molecular weight is 297 g/mol. The maximum atomic E-state index is 12.3. The predicted octanol–water partition coefficient (Wildman–Crippen LogP) is 3.47. The van der Waals surface area contributed by atoms with Crippen LogP contribution in [-0.2, 0) is 4.79 Å². The smallest absolute Gasteiger partial charge is 0.241 e. The first kappa shape index (κ1) is 15.0. The number of nitrogens with zero attached hydrogens (tertiary/aromatic N) is 1. The van der Waals surface area contributed by atoms with E-state index in [0.29, 0.717) is 5.92 Å². The highest BCUT2D eigenvalue weighted by atomic mass is 16.2. The lowest BCUT2D eigenvalue weighted by atomic mass is 9.85. The Balaban J connectivity index is 1.61. The fourth-order valence-corrected chi connectivity index (χ4v) is 3.29. The van der Waals surface area contributed by atoms with E-state index in [2.05, 4.69) is 10.3 Å². The van der Waals surface area contributed by atoms with E-state index in [4.69, 9.17) is 5.73 Å². The zero-order valence-corrected chi connectivity index (χ0v) is 12.8. The zero-order chi connectivity index (χ0) is 15.4. The van der Waals surface area contributed by atoms with Gasteiger partial charge in [0.1, 0.15) is 0 Å². The lowest BCUT2D eigenvalue weighted by Crippen LogP contribution is -2.37. The molecule has 3 rings (SSSR count). The van der Waals surface area contributed by atoms with Gasteiger partial charge >= 0.3 is 0 Å². The summed E-state index contributed by atoms with van der Waals surface area (Å²) in [5.74, 6) is 0.518. The SMILES string of the molecule is N[C@H](CC1CCCCC1)C(=O)Nc1ccc2ccncc2c1. The van der Waals surface area contributed by atoms with Crippen molar-refractivity contribution in [2.75, 3.05) is 5.32 Å². The molecule has 1 heterocycles. The zero-order valence-electron chi connectivity index (χ0n) is 12.8. The highest BCUT2D eigenvalue weighted by Crippen LogP contribution is 2.27. The van der Waals surface area contributed by atoms with E-state index in [1.54, 1.807) is 12.4 Å². The van der Waals surface area contributed by atoms with Crippen LogP contribution in [0.15, 0.2) is 36.7 Å². The van der Waals surface area contributed by atoms with Gasteiger partial charge in [-0.25, -0.2) is 0 Å². The summed E-state index contributed by atoms with van der Waals surface area (Å²) in [5, 5.41) is 5.06. The van der Waals surface area contributed by atoms with Crippen LogP contribution in [0.5, 0.6) is 0 Å². The van der Waals surface area contributed by atoms with E-state index in [-0.39, 0.29) is 5.91 Å². The fraction of sp³-hybridized carbons (Fsp3) is 0.444. The Bertz CT molecular complexity index is 650. The van der Waals surface area contributed by atoms with Gasteiger partial charge in [0.15, 0.2) is 0 Å². The number of hydrogen-bond acceptors (Lipinski definition) is 3. The van der Waals surface area contributed by atoms with Crippen LogP contribution in [0.2, 0.25) is 0 Å². The maximum absolute atomic E-state index is 12.3. The molecule has 4 heteroatoms. The van der Waals surface area contributed by atoms with E-state index in [9.17, 15) is 4.79 Å². The van der Waals surface area contributed by atoms with Gasteiger partial charge in [-0.15, -0.1) is 0 Å². The largest absolute Gasteiger partial charge is 0.325 e. The Hall–Kier alpha value is -1.94. The minimum absolute atomic E-state index is 0.0891. The molecule has 1 amide bonds. The normalized spacial score (nSPS) is 17.3. The highest BCUT2D eigenvalue weighted by molar-refractivity contribution is 5.97. The minimum Gasteiger partial charge on any atom is -0.325 e. The molecule has 0 saturated heterocycles. The molecular formula is C18H23N3O. The Morgan fingerprint density at radius 3 is 2.86 bits per heavy atom. The maximum Gasteiger partial charge on any atom is 0.241 e. The van der Waals surface area contributed by atoms with Crippen LogP contribution in [0.3, 0.4) is 0 Å². The molecule has 22 heavy (non-hydrogen) atoms. The molecule has 3 N–H and O–H groups in total. The first-order valence-electron chi connectivity index (χ1n) is 8.12. The van der Waals surface area contributed by atoms with Gasteiger partial charge in [-0.05, 0) is 35.9 Å². The molecule has 0 spiro atoms. The topological polar surface area (TPSA) is 68.0 Å². The molecule has 1 saturated carbocycles. The number of carbonyl (C=O) groups is 1. The first-order valence-corrected chi connectivity index (χ1v) is 8.12. The van der Waals surface area contributed by atoms with Crippen molar-refractivity contribution in [2.24, 2.45) is 11.7 Å². The molecule has 1 atom stereocenters. The number of anilines is 1. The first-order chi connectivity index (χ1) is 10.7. The molecule has 1 aromatic carbocycles. The summed E-state index contributed by atoms with van der Waals surface area (Å²) >= 11 is 0. The van der Waals surface area contributed by atoms with Gasteiger partial charge in [0.2, 0.25) is 5.91 Å². The van der Waals surface area contributed by atoms with E-state index in [1.165, 1.54) is 32.1 Å². The summed E-state index contributed by atoms with van der Waals surface area (Å²) in [6.07, 6.45) is 10.6. The monoisotopic (exact) mass is 297 g/mol. The Labute approximate surface area is 131 Å². The standard InChI is InChI=1S/C18H23N3O/c19-17(10-13-4-2-1-3-5-13)18(22)21-16-7-6-14-8-9-20-12-15(14)11-16/h6-9,11-13,17H,1-5,10,19H2,(H,21,22)/t17-/m1/s1. The lowest BCUT2D eigenvalue weighted by molar-refractivity contribution is -0.117. The number of nitrogens with one attached hydrogen (secondary N) is 1. The van der Waals surface area contributed by atoms with Crippen LogP contribution in [0, 0.1) is 5.92 Å². The van der Waals surface area contributed by atoms with Gasteiger partial charge in [0, 0.05) is 23.5 Å². The molecule has 1 fully saturated rings. The van der Waals surface area contributed by atoms with Crippen LogP contribution >= 0.6 is 0 Å². The van der Waals surface area contributed by atoms with Crippen LogP contribution < -0.4 is 11.1 Å². The third-order valence-corrected chi connectivity index (χ3v) is 4.56. The Morgan fingerprint density at radius 1 is 1.23 bits per heavy atom. The number of amides is 1. The highest BCUT2D eigenvalue weighted by Gasteiger charge is 2.21. The third kappa shape index (κ3) is 3.63. The van der Waals surface area contributed by atoms with Crippen molar-refractivity contribution in [3.63, 3.8) is 0 Å². The van der Waals surface area contributed by atoms with Crippen molar-refractivity contribution >= 4 is 22.4 Å². The second-order valence-corrected chi connectivity index (χ2v) is 6.27. The van der Waals surface area contributed by atoms with Gasteiger partial charge in [-0.3, -0.25) is 9.78 Å². The van der Waals surface area contributed by atoms with E-state index >= 15 is 0 Å².